The second kappa shape index (κ2) is 11.5. The van der Waals surface area contributed by atoms with E-state index in [0.29, 0.717) is 0 Å². The molecule has 0 aromatic heterocycles. The van der Waals surface area contributed by atoms with Crippen molar-refractivity contribution in [3.8, 4) is 0 Å². The van der Waals surface area contributed by atoms with Crippen molar-refractivity contribution in [3.05, 3.63) is 97.1 Å². The first-order valence-electron chi connectivity index (χ1n) is 7.94. The molecule has 0 unspecified atom stereocenters. The third kappa shape index (κ3) is 6.70. The molecule has 0 spiro atoms. The van der Waals surface area contributed by atoms with E-state index < -0.39 is 8.70 Å². The Hall–Kier alpha value is 0.382. The van der Waals surface area contributed by atoms with E-state index in [1.54, 1.807) is 0 Å². The zero-order valence-electron chi connectivity index (χ0n) is 14.1. The average Bonchev–Trinajstić information content (AvgIpc) is 3.37. The standard InChI is InChI=1S/C20H16GeS4.2Fe/c1-2-10-17(9-1)22-21(23-18-11-3-4-12-18,24-19-13-5-6-14-19)25-20-15-7-8-16-20;;/h1-16H;;/q-8;;. The molecular formula is C20H16Fe2GeS4-8. The van der Waals surface area contributed by atoms with E-state index in [1.165, 1.54) is 19.6 Å². The number of hydrogen-bond acceptors (Lipinski definition) is 4. The Bertz CT molecular complexity index is 703. The fraction of sp³-hybridized carbons (Fsp3) is 0. The van der Waals surface area contributed by atoms with Crippen molar-refractivity contribution in [2.75, 3.05) is 0 Å². The van der Waals surface area contributed by atoms with Crippen LogP contribution in [-0.4, -0.2) is 8.70 Å². The summed E-state index contributed by atoms with van der Waals surface area (Å²) < 4.78 is 0. The van der Waals surface area contributed by atoms with Crippen LogP contribution in [0.3, 0.4) is 0 Å². The van der Waals surface area contributed by atoms with Gasteiger partial charge >= 0.3 is 166 Å². The van der Waals surface area contributed by atoms with Gasteiger partial charge in [0.1, 0.15) is 0 Å². The molecule has 0 radical (unpaired) electrons. The maximum atomic E-state index is 2.24. The summed E-state index contributed by atoms with van der Waals surface area (Å²) >= 11 is 0. The summed E-state index contributed by atoms with van der Waals surface area (Å²) in [5, 5.41) is 0. The molecule has 0 aliphatic carbocycles. The molecule has 0 aliphatic heterocycles. The minimum atomic E-state index is -2.58. The Labute approximate surface area is 197 Å². The van der Waals surface area contributed by atoms with Crippen LogP contribution >= 0.6 is 40.3 Å². The second-order valence-electron chi connectivity index (χ2n) is 5.39. The van der Waals surface area contributed by atoms with Gasteiger partial charge in [0.25, 0.3) is 0 Å². The molecule has 0 N–H and O–H groups in total. The zero-order chi connectivity index (χ0) is 17.0. The first-order chi connectivity index (χ1) is 12.3. The van der Waals surface area contributed by atoms with Crippen molar-refractivity contribution in [1.29, 1.82) is 0 Å². The molecule has 0 bridgehead atoms. The fourth-order valence-electron chi connectivity index (χ4n) is 2.40. The third-order valence-corrected chi connectivity index (χ3v) is 34.3. The quantitative estimate of drug-likeness (QED) is 0.160. The molecule has 148 valence electrons. The van der Waals surface area contributed by atoms with Gasteiger partial charge in [0, 0.05) is 34.1 Å². The SMILES string of the molecule is [Fe].[Fe].c1cc[c-]([S][Ge]([S][c-]2cccc2)([S][c-]2cccc2)[S][c-]2[cH-][cH-][cH-][cH-]2)c1. The van der Waals surface area contributed by atoms with Gasteiger partial charge in [-0.15, -0.1) is 0 Å². The van der Waals surface area contributed by atoms with E-state index >= 15 is 0 Å². The molecular weight excluding hydrogens is 553 g/mol. The molecule has 0 nitrogen and oxygen atoms in total. The summed E-state index contributed by atoms with van der Waals surface area (Å²) in [6.07, 6.45) is 0. The fourth-order valence-corrected chi connectivity index (χ4v) is 39.1. The first-order valence-corrected chi connectivity index (χ1v) is 21.5. The van der Waals surface area contributed by atoms with Crippen molar-refractivity contribution in [1.82, 2.24) is 0 Å². The normalized spacial score (nSPS) is 11.0. The van der Waals surface area contributed by atoms with Crippen molar-refractivity contribution >= 4 is 49.0 Å². The molecule has 0 heterocycles. The summed E-state index contributed by atoms with van der Waals surface area (Å²) in [4.78, 5) is 5.55. The van der Waals surface area contributed by atoms with Crippen LogP contribution in [0.4, 0.5) is 0 Å². The molecule has 4 aromatic carbocycles. The maximum absolute atomic E-state index is 2.58. The average molecular weight is 569 g/mol. The third-order valence-electron chi connectivity index (χ3n) is 3.50. The summed E-state index contributed by atoms with van der Waals surface area (Å²) in [7, 11) is 5.87. The van der Waals surface area contributed by atoms with Crippen LogP contribution in [0, 0.1) is 0 Å². The van der Waals surface area contributed by atoms with Gasteiger partial charge in [0.15, 0.2) is 0 Å². The summed E-state index contributed by atoms with van der Waals surface area (Å²) in [5.41, 5.74) is 0. The van der Waals surface area contributed by atoms with Crippen molar-refractivity contribution in [2.24, 2.45) is 0 Å². The van der Waals surface area contributed by atoms with Crippen LogP contribution in [0.5, 0.6) is 0 Å². The van der Waals surface area contributed by atoms with Gasteiger partial charge in [-0.3, -0.25) is 0 Å². The molecule has 7 heteroatoms. The van der Waals surface area contributed by atoms with Crippen LogP contribution in [0.25, 0.3) is 0 Å². The predicted octanol–water partition coefficient (Wildman–Crippen LogP) is 7.46. The number of rotatable bonds is 8. The summed E-state index contributed by atoms with van der Waals surface area (Å²) in [5.74, 6) is 0. The summed E-state index contributed by atoms with van der Waals surface area (Å²) in [6.45, 7) is 0. The van der Waals surface area contributed by atoms with Crippen molar-refractivity contribution in [2.45, 2.75) is 19.6 Å². The molecule has 0 saturated heterocycles. The van der Waals surface area contributed by atoms with Gasteiger partial charge in [-0.2, -0.15) is 0 Å². The van der Waals surface area contributed by atoms with Gasteiger partial charge in [-0.25, -0.2) is 0 Å². The van der Waals surface area contributed by atoms with E-state index in [4.69, 9.17) is 0 Å². The van der Waals surface area contributed by atoms with Gasteiger partial charge in [0.05, 0.1) is 0 Å². The summed E-state index contributed by atoms with van der Waals surface area (Å²) in [6, 6.07) is 35.1. The first kappa shape index (κ1) is 23.7. The molecule has 0 aliphatic rings. The Balaban J connectivity index is 0.00000131. The Morgan fingerprint density at radius 1 is 0.519 bits per heavy atom. The van der Waals surface area contributed by atoms with Crippen LogP contribution < -0.4 is 0 Å². The van der Waals surface area contributed by atoms with Crippen LogP contribution in [0.1, 0.15) is 0 Å². The van der Waals surface area contributed by atoms with Crippen molar-refractivity contribution in [3.63, 3.8) is 0 Å². The van der Waals surface area contributed by atoms with Gasteiger partial charge in [0.2, 0.25) is 0 Å². The molecule has 0 saturated carbocycles. The van der Waals surface area contributed by atoms with Gasteiger partial charge < -0.3 is 0 Å². The molecule has 0 atom stereocenters. The van der Waals surface area contributed by atoms with Crippen LogP contribution in [0.15, 0.2) is 117 Å². The molecule has 0 amide bonds. The zero-order valence-corrected chi connectivity index (χ0v) is 21.7. The van der Waals surface area contributed by atoms with Crippen LogP contribution in [-0.2, 0) is 34.1 Å². The molecule has 4 rings (SSSR count). The van der Waals surface area contributed by atoms with E-state index in [0.717, 1.165) is 0 Å². The van der Waals surface area contributed by atoms with E-state index in [2.05, 4.69) is 137 Å². The van der Waals surface area contributed by atoms with E-state index in [-0.39, 0.29) is 34.1 Å². The van der Waals surface area contributed by atoms with E-state index in [9.17, 15) is 0 Å². The van der Waals surface area contributed by atoms with Crippen molar-refractivity contribution < 1.29 is 34.1 Å². The Kier molecular flexibility index (Phi) is 10.1. The van der Waals surface area contributed by atoms with Gasteiger partial charge in [-0.05, 0) is 0 Å². The predicted molar refractivity (Wildman–Crippen MR) is 117 cm³/mol. The monoisotopic (exact) mass is 570 g/mol. The number of hydrogen-bond donors (Lipinski definition) is 0. The topological polar surface area (TPSA) is 0 Å². The minimum absolute atomic E-state index is 0. The Morgan fingerprint density at radius 3 is 1.19 bits per heavy atom. The Morgan fingerprint density at radius 2 is 0.852 bits per heavy atom. The molecule has 0 fully saturated rings. The van der Waals surface area contributed by atoms with Gasteiger partial charge in [-0.1, -0.05) is 0 Å². The molecule has 27 heavy (non-hydrogen) atoms. The van der Waals surface area contributed by atoms with E-state index in [1.807, 2.05) is 0 Å². The van der Waals surface area contributed by atoms with Crippen LogP contribution in [0.2, 0.25) is 0 Å². The molecule has 4 aromatic rings. The second-order valence-corrected chi connectivity index (χ2v) is 36.1.